The molecule has 28 heavy (non-hydrogen) atoms. The normalized spacial score (nSPS) is 10.3. The summed E-state index contributed by atoms with van der Waals surface area (Å²) in [5, 5.41) is 9.58. The number of halogens is 2. The van der Waals surface area contributed by atoms with Gasteiger partial charge in [-0.2, -0.15) is 12.1 Å². The molecule has 0 heterocycles. The third-order valence-electron chi connectivity index (χ3n) is 4.74. The Hall–Kier alpha value is -1.23. The second kappa shape index (κ2) is 10.00. The van der Waals surface area contributed by atoms with Crippen LogP contribution in [0.15, 0.2) is 103 Å². The van der Waals surface area contributed by atoms with Crippen LogP contribution in [0.2, 0.25) is 0 Å². The van der Waals surface area contributed by atoms with Crippen molar-refractivity contribution in [2.45, 2.75) is 0 Å². The van der Waals surface area contributed by atoms with Gasteiger partial charge in [-0.05, 0) is 5.30 Å². The summed E-state index contributed by atoms with van der Waals surface area (Å²) in [6.45, 7) is 0. The van der Waals surface area contributed by atoms with E-state index in [0.29, 0.717) is 0 Å². The number of hydrogen-bond donors (Lipinski definition) is 0. The number of hydrogen-bond acceptors (Lipinski definition) is 0. The van der Waals surface area contributed by atoms with E-state index < -0.39 is 7.92 Å². The van der Waals surface area contributed by atoms with Crippen LogP contribution >= 0.6 is 7.92 Å². The van der Waals surface area contributed by atoms with Crippen LogP contribution in [0.25, 0.3) is 21.5 Å². The molecule has 0 radical (unpaired) electrons. The molecule has 0 saturated carbocycles. The van der Waals surface area contributed by atoms with E-state index in [-0.39, 0.29) is 51.0 Å². The molecule has 136 valence electrons. The Morgan fingerprint density at radius 2 is 0.964 bits per heavy atom. The van der Waals surface area contributed by atoms with Crippen LogP contribution in [0, 0.1) is 0 Å². The maximum atomic E-state index is 2.37. The van der Waals surface area contributed by atoms with Gasteiger partial charge in [0.05, 0.1) is 0 Å². The Kier molecular flexibility index (Phi) is 8.23. The molecule has 5 aromatic rings. The van der Waals surface area contributed by atoms with Crippen molar-refractivity contribution in [3.63, 3.8) is 0 Å². The van der Waals surface area contributed by atoms with E-state index in [0.717, 1.165) is 0 Å². The fourth-order valence-corrected chi connectivity index (χ4v) is 5.99. The summed E-state index contributed by atoms with van der Waals surface area (Å²) in [5.74, 6) is 0. The van der Waals surface area contributed by atoms with E-state index >= 15 is 0 Å². The van der Waals surface area contributed by atoms with Crippen LogP contribution in [0.5, 0.6) is 0 Å². The largest absolute Gasteiger partial charge is 4.00 e. The Balaban J connectivity index is 0.000000934. The molecule has 0 aromatic heterocycles. The predicted molar refractivity (Wildman–Crippen MR) is 111 cm³/mol. The molecule has 4 heteroatoms. The fourth-order valence-electron chi connectivity index (χ4n) is 3.55. The maximum absolute atomic E-state index is 2.37. The molecule has 5 aromatic carbocycles. The minimum atomic E-state index is -0.540. The van der Waals surface area contributed by atoms with E-state index in [1.807, 2.05) is 0 Å². The average molecular weight is 499 g/mol. The van der Waals surface area contributed by atoms with Crippen molar-refractivity contribution in [2.24, 2.45) is 0 Å². The quantitative estimate of drug-likeness (QED) is 0.226. The molecule has 0 amide bonds. The molecule has 0 nitrogen and oxygen atoms in total. The van der Waals surface area contributed by atoms with Gasteiger partial charge in [0.25, 0.3) is 0 Å². The van der Waals surface area contributed by atoms with Crippen molar-refractivity contribution < 1.29 is 51.0 Å². The zero-order chi connectivity index (χ0) is 16.6. The summed E-state index contributed by atoms with van der Waals surface area (Å²) in [4.78, 5) is 0. The smallest absolute Gasteiger partial charge is 1.00 e. The van der Waals surface area contributed by atoms with Crippen LogP contribution < -0.4 is 40.7 Å². The molecule has 0 bridgehead atoms. The van der Waals surface area contributed by atoms with E-state index in [9.17, 15) is 0 Å². The molecule has 5 rings (SSSR count). The molecule has 0 aliphatic heterocycles. The first-order valence-electron chi connectivity index (χ1n) is 8.55. The summed E-state index contributed by atoms with van der Waals surface area (Å²) < 4.78 is 0. The molecule has 0 aliphatic carbocycles. The van der Waals surface area contributed by atoms with Crippen LogP contribution in [-0.2, 0) is 26.2 Å². The van der Waals surface area contributed by atoms with Crippen molar-refractivity contribution in [2.75, 3.05) is 0 Å². The number of rotatable bonds is 3. The molecule has 0 unspecified atom stereocenters. The molecular formula is C24H17Cl2PZr. The van der Waals surface area contributed by atoms with Crippen LogP contribution in [-0.4, -0.2) is 0 Å². The van der Waals surface area contributed by atoms with Crippen molar-refractivity contribution in [3.05, 3.63) is 103 Å². The van der Waals surface area contributed by atoms with Gasteiger partial charge >= 0.3 is 26.2 Å². The molecule has 0 aliphatic rings. The first kappa shape index (κ1) is 23.1. The Labute approximate surface area is 198 Å². The molecular weight excluding hydrogens is 481 g/mol. The Bertz CT molecular complexity index is 1020. The van der Waals surface area contributed by atoms with Gasteiger partial charge in [0.15, 0.2) is 0 Å². The summed E-state index contributed by atoms with van der Waals surface area (Å²) in [7, 11) is -0.540. The van der Waals surface area contributed by atoms with Gasteiger partial charge in [0, 0.05) is 0 Å². The van der Waals surface area contributed by atoms with Crippen LogP contribution in [0.4, 0.5) is 0 Å². The van der Waals surface area contributed by atoms with Gasteiger partial charge < -0.3 is 24.8 Å². The van der Waals surface area contributed by atoms with E-state index in [2.05, 4.69) is 103 Å². The predicted octanol–water partition coefficient (Wildman–Crippen LogP) is -0.805. The Morgan fingerprint density at radius 1 is 0.536 bits per heavy atom. The van der Waals surface area contributed by atoms with Gasteiger partial charge in [0.1, 0.15) is 0 Å². The monoisotopic (exact) mass is 496 g/mol. The van der Waals surface area contributed by atoms with Gasteiger partial charge in [-0.3, -0.25) is 0 Å². The molecule has 0 spiro atoms. The van der Waals surface area contributed by atoms with Gasteiger partial charge in [-0.25, -0.2) is 0 Å². The third-order valence-corrected chi connectivity index (χ3v) is 7.10. The first-order chi connectivity index (χ1) is 12.4. The fraction of sp³-hybridized carbons (Fsp3) is 0. The van der Waals surface area contributed by atoms with E-state index in [4.69, 9.17) is 0 Å². The van der Waals surface area contributed by atoms with Gasteiger partial charge in [0.2, 0.25) is 0 Å². The summed E-state index contributed by atoms with van der Waals surface area (Å²) in [6.07, 6.45) is 0. The second-order valence-electron chi connectivity index (χ2n) is 6.36. The average Bonchev–Trinajstić information content (AvgIpc) is 3.26. The standard InChI is InChI=1S/C24H17P.2ClH.Zr/c1-2-12-22(13-3-1)25(23-14-18-8-4-5-9-19(18)15-23)24-16-20-10-6-7-11-21(20)17-24;;;/h1-17H;2*1H;/q-2;;;+4/p-2. The summed E-state index contributed by atoms with van der Waals surface area (Å²) in [5.41, 5.74) is 0. The van der Waals surface area contributed by atoms with Crippen molar-refractivity contribution >= 4 is 45.4 Å². The van der Waals surface area contributed by atoms with Crippen LogP contribution in [0.3, 0.4) is 0 Å². The second-order valence-corrected chi connectivity index (χ2v) is 8.58. The first-order valence-corrected chi connectivity index (χ1v) is 9.89. The number of benzene rings is 3. The van der Waals surface area contributed by atoms with Gasteiger partial charge in [-0.15, -0.1) is 80.7 Å². The molecule has 0 atom stereocenters. The maximum Gasteiger partial charge on any atom is 4.00 e. The minimum absolute atomic E-state index is 0. The molecule has 0 saturated heterocycles. The molecule has 0 N–H and O–H groups in total. The van der Waals surface area contributed by atoms with E-state index in [1.165, 1.54) is 37.5 Å². The number of fused-ring (bicyclic) bond motifs is 2. The summed E-state index contributed by atoms with van der Waals surface area (Å²) >= 11 is 0. The third kappa shape index (κ3) is 4.34. The zero-order valence-corrected chi connectivity index (χ0v) is 19.9. The van der Waals surface area contributed by atoms with Crippen molar-refractivity contribution in [1.82, 2.24) is 0 Å². The minimum Gasteiger partial charge on any atom is -1.00 e. The van der Waals surface area contributed by atoms with Gasteiger partial charge in [-0.1, -0.05) is 50.4 Å². The SMILES string of the molecule is [Cl-].[Cl-].[Zr+4].c1ccc(P(c2cc3ccccc3[cH-]2)c2cc3ccccc3[cH-]2)cc1. The molecule has 0 fully saturated rings. The topological polar surface area (TPSA) is 0 Å². The van der Waals surface area contributed by atoms with Crippen molar-refractivity contribution in [1.29, 1.82) is 0 Å². The zero-order valence-electron chi connectivity index (χ0n) is 15.0. The Morgan fingerprint density at radius 3 is 1.43 bits per heavy atom. The summed E-state index contributed by atoms with van der Waals surface area (Å²) in [6, 6.07) is 37.7. The van der Waals surface area contributed by atoms with Crippen molar-refractivity contribution in [3.8, 4) is 0 Å². The van der Waals surface area contributed by atoms with Crippen LogP contribution in [0.1, 0.15) is 0 Å². The van der Waals surface area contributed by atoms with E-state index in [1.54, 1.807) is 0 Å².